The fraction of sp³-hybridized carbons (Fsp3) is 0.190. The SMILES string of the molecule is C=CCSc1nnc(NC(=O)[C@H]2CN(S(=O)(=O)c3ccccc3)c3cc(C)ccc3O2)s1. The highest BCUT2D eigenvalue weighted by Crippen LogP contribution is 2.38. The number of nitrogens with zero attached hydrogens (tertiary/aromatic N) is 3. The highest BCUT2D eigenvalue weighted by atomic mass is 32.2. The summed E-state index contributed by atoms with van der Waals surface area (Å²) < 4.78 is 34.6. The molecule has 0 spiro atoms. The monoisotopic (exact) mass is 488 g/mol. The zero-order valence-electron chi connectivity index (χ0n) is 17.1. The molecule has 1 amide bonds. The van der Waals surface area contributed by atoms with Crippen LogP contribution >= 0.6 is 23.1 Å². The second kappa shape index (κ2) is 9.31. The number of aromatic nitrogens is 2. The summed E-state index contributed by atoms with van der Waals surface area (Å²) in [5.41, 5.74) is 1.28. The smallest absolute Gasteiger partial charge is 0.269 e. The Labute approximate surface area is 194 Å². The van der Waals surface area contributed by atoms with Crippen LogP contribution in [0.15, 0.2) is 70.4 Å². The topological polar surface area (TPSA) is 101 Å². The molecular formula is C21H20N4O4S3. The molecule has 1 aliphatic rings. The zero-order chi connectivity index (χ0) is 22.7. The quantitative estimate of drug-likeness (QED) is 0.307. The van der Waals surface area contributed by atoms with Crippen molar-refractivity contribution in [3.8, 4) is 5.75 Å². The normalized spacial score (nSPS) is 15.5. The molecule has 0 bridgehead atoms. The number of fused-ring (bicyclic) bond motifs is 1. The van der Waals surface area contributed by atoms with Gasteiger partial charge in [-0.05, 0) is 36.8 Å². The Kier molecular flexibility index (Phi) is 6.49. The van der Waals surface area contributed by atoms with E-state index in [0.717, 1.165) is 5.56 Å². The predicted octanol–water partition coefficient (Wildman–Crippen LogP) is 3.72. The van der Waals surface area contributed by atoms with E-state index in [1.165, 1.54) is 39.5 Å². The van der Waals surface area contributed by atoms with Crippen LogP contribution in [0.1, 0.15) is 5.56 Å². The molecule has 0 saturated carbocycles. The molecule has 32 heavy (non-hydrogen) atoms. The van der Waals surface area contributed by atoms with E-state index in [4.69, 9.17) is 4.74 Å². The van der Waals surface area contributed by atoms with Crippen LogP contribution < -0.4 is 14.4 Å². The second-order valence-electron chi connectivity index (χ2n) is 6.89. The third-order valence-electron chi connectivity index (χ3n) is 4.57. The number of carbonyl (C=O) groups excluding carboxylic acids is 1. The largest absolute Gasteiger partial charge is 0.476 e. The molecular weight excluding hydrogens is 468 g/mol. The minimum atomic E-state index is -3.90. The number of rotatable bonds is 7. The molecule has 1 aromatic heterocycles. The summed E-state index contributed by atoms with van der Waals surface area (Å²) in [5, 5.41) is 11.0. The highest BCUT2D eigenvalue weighted by molar-refractivity contribution is 8.01. The fourth-order valence-electron chi connectivity index (χ4n) is 3.08. The van der Waals surface area contributed by atoms with Crippen molar-refractivity contribution in [3.05, 3.63) is 66.7 Å². The van der Waals surface area contributed by atoms with E-state index in [1.807, 2.05) is 6.92 Å². The summed E-state index contributed by atoms with van der Waals surface area (Å²) in [7, 11) is -3.90. The van der Waals surface area contributed by atoms with Crippen LogP contribution in [-0.4, -0.2) is 42.9 Å². The molecule has 1 aliphatic heterocycles. The average molecular weight is 489 g/mol. The molecule has 1 atom stereocenters. The number of sulfonamides is 1. The van der Waals surface area contributed by atoms with Gasteiger partial charge in [0.25, 0.3) is 15.9 Å². The van der Waals surface area contributed by atoms with Crippen LogP contribution in [0, 0.1) is 6.92 Å². The number of thioether (sulfide) groups is 1. The Morgan fingerprint density at radius 1 is 1.31 bits per heavy atom. The zero-order valence-corrected chi connectivity index (χ0v) is 19.5. The molecule has 1 N–H and O–H groups in total. The standard InChI is InChI=1S/C21H20N4O4S3/c1-3-11-30-21-24-23-20(31-21)22-19(26)18-13-25(16-12-14(2)9-10-17(16)29-18)32(27,28)15-7-5-4-6-8-15/h3-10,12,18H,1,11,13H2,2H3,(H,22,23,26)/t18-/m1/s1. The van der Waals surface area contributed by atoms with Gasteiger partial charge in [-0.1, -0.05) is 53.4 Å². The van der Waals surface area contributed by atoms with Gasteiger partial charge in [0.1, 0.15) is 5.75 Å². The van der Waals surface area contributed by atoms with Gasteiger partial charge in [0.15, 0.2) is 10.4 Å². The van der Waals surface area contributed by atoms with Crippen LogP contribution in [0.25, 0.3) is 0 Å². The Bertz CT molecular complexity index is 1240. The van der Waals surface area contributed by atoms with Crippen molar-refractivity contribution >= 4 is 49.8 Å². The van der Waals surface area contributed by atoms with E-state index in [-0.39, 0.29) is 11.4 Å². The molecule has 0 aliphatic carbocycles. The second-order valence-corrected chi connectivity index (χ2v) is 11.0. The summed E-state index contributed by atoms with van der Waals surface area (Å²) in [5.74, 6) is 0.499. The van der Waals surface area contributed by atoms with E-state index >= 15 is 0 Å². The lowest BCUT2D eigenvalue weighted by molar-refractivity contribution is -0.122. The van der Waals surface area contributed by atoms with Gasteiger partial charge in [0, 0.05) is 5.75 Å². The summed E-state index contributed by atoms with van der Waals surface area (Å²) in [4.78, 5) is 13.1. The molecule has 11 heteroatoms. The van der Waals surface area contributed by atoms with Gasteiger partial charge in [0.05, 0.1) is 17.1 Å². The van der Waals surface area contributed by atoms with E-state index in [9.17, 15) is 13.2 Å². The first-order valence-corrected chi connectivity index (χ1v) is 12.9. The predicted molar refractivity (Wildman–Crippen MR) is 126 cm³/mol. The van der Waals surface area contributed by atoms with Gasteiger partial charge >= 0.3 is 0 Å². The maximum absolute atomic E-state index is 13.4. The Balaban J connectivity index is 1.61. The number of hydrogen-bond donors (Lipinski definition) is 1. The number of benzene rings is 2. The summed E-state index contributed by atoms with van der Waals surface area (Å²) >= 11 is 2.68. The van der Waals surface area contributed by atoms with Crippen LogP contribution in [0.2, 0.25) is 0 Å². The Hall–Kier alpha value is -2.89. The molecule has 0 unspecified atom stereocenters. The Morgan fingerprint density at radius 2 is 2.09 bits per heavy atom. The van der Waals surface area contributed by atoms with Gasteiger partial charge < -0.3 is 4.74 Å². The van der Waals surface area contributed by atoms with Crippen LogP contribution in [0.3, 0.4) is 0 Å². The number of aryl methyl sites for hydroxylation is 1. The number of carbonyl (C=O) groups is 1. The number of nitrogens with one attached hydrogen (secondary N) is 1. The van der Waals surface area contributed by atoms with Crippen molar-refractivity contribution in [2.45, 2.75) is 22.3 Å². The van der Waals surface area contributed by atoms with Gasteiger partial charge in [-0.15, -0.1) is 16.8 Å². The minimum absolute atomic E-state index is 0.140. The molecule has 8 nitrogen and oxygen atoms in total. The van der Waals surface area contributed by atoms with Gasteiger partial charge in [-0.3, -0.25) is 14.4 Å². The molecule has 3 aromatic rings. The van der Waals surface area contributed by atoms with E-state index in [2.05, 4.69) is 22.1 Å². The van der Waals surface area contributed by atoms with Crippen molar-refractivity contribution in [1.29, 1.82) is 0 Å². The third-order valence-corrected chi connectivity index (χ3v) is 8.33. The van der Waals surface area contributed by atoms with E-state index in [0.29, 0.717) is 26.7 Å². The van der Waals surface area contributed by atoms with Crippen LogP contribution in [-0.2, 0) is 14.8 Å². The number of ether oxygens (including phenoxy) is 1. The fourth-order valence-corrected chi connectivity index (χ4v) is 6.08. The molecule has 2 heterocycles. The number of anilines is 2. The Morgan fingerprint density at radius 3 is 2.84 bits per heavy atom. The first-order valence-electron chi connectivity index (χ1n) is 9.61. The van der Waals surface area contributed by atoms with Crippen molar-refractivity contribution in [2.24, 2.45) is 0 Å². The maximum atomic E-state index is 13.4. The lowest BCUT2D eigenvalue weighted by Gasteiger charge is -2.34. The van der Waals surface area contributed by atoms with Crippen LogP contribution in [0.4, 0.5) is 10.8 Å². The molecule has 0 fully saturated rings. The van der Waals surface area contributed by atoms with Crippen molar-refractivity contribution in [2.75, 3.05) is 21.9 Å². The lowest BCUT2D eigenvalue weighted by Crippen LogP contribution is -2.48. The van der Waals surface area contributed by atoms with Crippen molar-refractivity contribution < 1.29 is 17.9 Å². The van der Waals surface area contributed by atoms with Gasteiger partial charge in [-0.2, -0.15) is 0 Å². The summed E-state index contributed by atoms with van der Waals surface area (Å²) in [6.45, 7) is 5.35. The van der Waals surface area contributed by atoms with E-state index < -0.39 is 22.0 Å². The molecule has 0 radical (unpaired) electrons. The van der Waals surface area contributed by atoms with Crippen molar-refractivity contribution in [1.82, 2.24) is 10.2 Å². The van der Waals surface area contributed by atoms with Crippen LogP contribution in [0.5, 0.6) is 5.75 Å². The maximum Gasteiger partial charge on any atom is 0.269 e. The van der Waals surface area contributed by atoms with E-state index in [1.54, 1.807) is 42.5 Å². The molecule has 166 valence electrons. The third kappa shape index (κ3) is 4.64. The first kappa shape index (κ1) is 22.3. The number of amides is 1. The molecule has 0 saturated heterocycles. The summed E-state index contributed by atoms with van der Waals surface area (Å²) in [6.07, 6.45) is 0.693. The van der Waals surface area contributed by atoms with Gasteiger partial charge in [0.2, 0.25) is 5.13 Å². The van der Waals surface area contributed by atoms with Gasteiger partial charge in [-0.25, -0.2) is 8.42 Å². The summed E-state index contributed by atoms with van der Waals surface area (Å²) in [6, 6.07) is 13.3. The average Bonchev–Trinajstić information content (AvgIpc) is 3.24. The highest BCUT2D eigenvalue weighted by Gasteiger charge is 2.38. The first-order chi connectivity index (χ1) is 15.4. The number of hydrogen-bond acceptors (Lipinski definition) is 8. The lowest BCUT2D eigenvalue weighted by atomic mass is 10.1. The van der Waals surface area contributed by atoms with Crippen molar-refractivity contribution in [3.63, 3.8) is 0 Å². The minimum Gasteiger partial charge on any atom is -0.476 e. The molecule has 4 rings (SSSR count). The molecule has 2 aromatic carbocycles.